The Bertz CT molecular complexity index is 353. The van der Waals surface area contributed by atoms with Crippen LogP contribution in [0, 0.1) is 12.7 Å². The quantitative estimate of drug-likeness (QED) is 0.718. The van der Waals surface area contributed by atoms with Crippen molar-refractivity contribution in [3.8, 4) is 0 Å². The summed E-state index contributed by atoms with van der Waals surface area (Å²) >= 11 is 0. The second-order valence-electron chi connectivity index (χ2n) is 3.88. The SMILES string of the molecule is COC(CCc1ccc(F)c(C)c1)(OC)OC. The van der Waals surface area contributed by atoms with Gasteiger partial charge in [-0.1, -0.05) is 12.1 Å². The number of aryl methyl sites for hydroxylation is 2. The van der Waals surface area contributed by atoms with Gasteiger partial charge in [-0.2, -0.15) is 0 Å². The summed E-state index contributed by atoms with van der Waals surface area (Å²) in [7, 11) is 4.59. The summed E-state index contributed by atoms with van der Waals surface area (Å²) in [6.45, 7) is 1.75. The first-order valence-electron chi connectivity index (χ1n) is 5.47. The normalized spacial score (nSPS) is 11.8. The lowest BCUT2D eigenvalue weighted by Crippen LogP contribution is -2.36. The summed E-state index contributed by atoms with van der Waals surface area (Å²) in [5, 5.41) is 0. The van der Waals surface area contributed by atoms with E-state index in [9.17, 15) is 4.39 Å². The minimum absolute atomic E-state index is 0.190. The van der Waals surface area contributed by atoms with E-state index in [-0.39, 0.29) is 5.82 Å². The van der Waals surface area contributed by atoms with Gasteiger partial charge in [-0.05, 0) is 30.5 Å². The number of benzene rings is 1. The topological polar surface area (TPSA) is 27.7 Å². The molecule has 0 radical (unpaired) electrons. The minimum atomic E-state index is -1.03. The molecule has 17 heavy (non-hydrogen) atoms. The molecule has 0 spiro atoms. The van der Waals surface area contributed by atoms with E-state index in [1.54, 1.807) is 13.0 Å². The molecule has 0 bridgehead atoms. The van der Waals surface area contributed by atoms with Gasteiger partial charge in [0.25, 0.3) is 5.97 Å². The van der Waals surface area contributed by atoms with Crippen LogP contribution in [0.3, 0.4) is 0 Å². The van der Waals surface area contributed by atoms with Gasteiger partial charge in [-0.15, -0.1) is 0 Å². The molecular weight excluding hydrogens is 223 g/mol. The summed E-state index contributed by atoms with van der Waals surface area (Å²) in [6.07, 6.45) is 1.23. The molecule has 0 atom stereocenters. The van der Waals surface area contributed by atoms with Crippen molar-refractivity contribution in [1.29, 1.82) is 0 Å². The van der Waals surface area contributed by atoms with Gasteiger partial charge in [0.2, 0.25) is 0 Å². The number of rotatable bonds is 6. The fourth-order valence-corrected chi connectivity index (χ4v) is 1.72. The summed E-state index contributed by atoms with van der Waals surface area (Å²) in [6, 6.07) is 5.05. The third kappa shape index (κ3) is 3.49. The highest BCUT2D eigenvalue weighted by Crippen LogP contribution is 2.21. The first-order valence-corrected chi connectivity index (χ1v) is 5.47. The van der Waals surface area contributed by atoms with Crippen molar-refractivity contribution in [1.82, 2.24) is 0 Å². The van der Waals surface area contributed by atoms with E-state index in [0.717, 1.165) is 5.56 Å². The lowest BCUT2D eigenvalue weighted by atomic mass is 10.1. The molecule has 4 heteroatoms. The first kappa shape index (κ1) is 14.1. The van der Waals surface area contributed by atoms with Crippen LogP contribution in [0.2, 0.25) is 0 Å². The fraction of sp³-hybridized carbons (Fsp3) is 0.538. The maximum Gasteiger partial charge on any atom is 0.282 e. The van der Waals surface area contributed by atoms with Crippen molar-refractivity contribution >= 4 is 0 Å². The lowest BCUT2D eigenvalue weighted by Gasteiger charge is -2.28. The Hall–Kier alpha value is -0.970. The van der Waals surface area contributed by atoms with E-state index < -0.39 is 5.97 Å². The van der Waals surface area contributed by atoms with Crippen molar-refractivity contribution in [2.45, 2.75) is 25.7 Å². The Morgan fingerprint density at radius 1 is 1.12 bits per heavy atom. The highest BCUT2D eigenvalue weighted by atomic mass is 19.1. The predicted octanol–water partition coefficient (Wildman–Crippen LogP) is 2.66. The van der Waals surface area contributed by atoms with Gasteiger partial charge < -0.3 is 14.2 Å². The molecule has 0 heterocycles. The average molecular weight is 242 g/mol. The number of methoxy groups -OCH3 is 3. The molecule has 0 aliphatic heterocycles. The van der Waals surface area contributed by atoms with Crippen molar-refractivity contribution in [2.24, 2.45) is 0 Å². The molecule has 0 saturated carbocycles. The monoisotopic (exact) mass is 242 g/mol. The van der Waals surface area contributed by atoms with E-state index in [2.05, 4.69) is 0 Å². The van der Waals surface area contributed by atoms with E-state index in [1.165, 1.54) is 27.4 Å². The second kappa shape index (κ2) is 6.10. The zero-order chi connectivity index (χ0) is 12.9. The fourth-order valence-electron chi connectivity index (χ4n) is 1.72. The molecule has 0 N–H and O–H groups in total. The van der Waals surface area contributed by atoms with Gasteiger partial charge in [-0.3, -0.25) is 0 Å². The first-order chi connectivity index (χ1) is 8.06. The average Bonchev–Trinajstić information content (AvgIpc) is 2.36. The number of hydrogen-bond acceptors (Lipinski definition) is 3. The molecule has 1 aromatic rings. The van der Waals surface area contributed by atoms with Crippen LogP contribution >= 0.6 is 0 Å². The van der Waals surface area contributed by atoms with Gasteiger partial charge in [0.1, 0.15) is 5.82 Å². The molecule has 1 rings (SSSR count). The Morgan fingerprint density at radius 3 is 2.18 bits per heavy atom. The Labute approximate surface area is 101 Å². The summed E-state index contributed by atoms with van der Waals surface area (Å²) < 4.78 is 28.7. The largest absolute Gasteiger partial charge is 0.331 e. The second-order valence-corrected chi connectivity index (χ2v) is 3.88. The maximum atomic E-state index is 13.1. The van der Waals surface area contributed by atoms with Crippen LogP contribution in [-0.4, -0.2) is 27.3 Å². The van der Waals surface area contributed by atoms with Crippen LogP contribution in [0.1, 0.15) is 17.5 Å². The smallest absolute Gasteiger partial charge is 0.282 e. The third-order valence-electron chi connectivity index (χ3n) is 2.88. The maximum absolute atomic E-state index is 13.1. The minimum Gasteiger partial charge on any atom is -0.331 e. The molecule has 0 amide bonds. The summed E-state index contributed by atoms with van der Waals surface area (Å²) in [5.74, 6) is -1.22. The van der Waals surface area contributed by atoms with Crippen LogP contribution in [0.4, 0.5) is 4.39 Å². The van der Waals surface area contributed by atoms with Gasteiger partial charge in [0.05, 0.1) is 0 Å². The Balaban J connectivity index is 2.68. The molecule has 0 fully saturated rings. The number of halogens is 1. The van der Waals surface area contributed by atoms with E-state index in [4.69, 9.17) is 14.2 Å². The van der Waals surface area contributed by atoms with Crippen molar-refractivity contribution in [3.05, 3.63) is 35.1 Å². The molecule has 3 nitrogen and oxygen atoms in total. The predicted molar refractivity (Wildman–Crippen MR) is 63.2 cm³/mol. The van der Waals surface area contributed by atoms with Crippen molar-refractivity contribution in [2.75, 3.05) is 21.3 Å². The third-order valence-corrected chi connectivity index (χ3v) is 2.88. The molecule has 0 unspecified atom stereocenters. The van der Waals surface area contributed by atoms with Crippen LogP contribution in [0.15, 0.2) is 18.2 Å². The van der Waals surface area contributed by atoms with E-state index >= 15 is 0 Å². The highest BCUT2D eigenvalue weighted by Gasteiger charge is 2.28. The molecule has 0 aliphatic carbocycles. The van der Waals surface area contributed by atoms with Crippen molar-refractivity contribution in [3.63, 3.8) is 0 Å². The molecule has 0 aliphatic rings. The van der Waals surface area contributed by atoms with Gasteiger partial charge in [0, 0.05) is 27.8 Å². The van der Waals surface area contributed by atoms with Crippen LogP contribution in [-0.2, 0) is 20.6 Å². The summed E-state index contributed by atoms with van der Waals surface area (Å²) in [4.78, 5) is 0. The van der Waals surface area contributed by atoms with Crippen molar-refractivity contribution < 1.29 is 18.6 Å². The van der Waals surface area contributed by atoms with Gasteiger partial charge in [-0.25, -0.2) is 4.39 Å². The standard InChI is InChI=1S/C13H19FO3/c1-10-9-11(5-6-12(10)14)7-8-13(15-2,16-3)17-4/h5-6,9H,7-8H2,1-4H3. The number of ether oxygens (including phenoxy) is 3. The molecular formula is C13H19FO3. The Kier molecular flexibility index (Phi) is 5.05. The molecule has 0 aromatic heterocycles. The molecule has 1 aromatic carbocycles. The summed E-state index contributed by atoms with van der Waals surface area (Å²) in [5.41, 5.74) is 1.67. The highest BCUT2D eigenvalue weighted by molar-refractivity contribution is 5.24. The van der Waals surface area contributed by atoms with Gasteiger partial charge >= 0.3 is 0 Å². The van der Waals surface area contributed by atoms with Gasteiger partial charge in [0.15, 0.2) is 0 Å². The molecule has 96 valence electrons. The van der Waals surface area contributed by atoms with Crippen LogP contribution < -0.4 is 0 Å². The number of hydrogen-bond donors (Lipinski definition) is 0. The van der Waals surface area contributed by atoms with Crippen LogP contribution in [0.5, 0.6) is 0 Å². The van der Waals surface area contributed by atoms with E-state index in [1.807, 2.05) is 6.07 Å². The lowest BCUT2D eigenvalue weighted by molar-refractivity contribution is -0.354. The zero-order valence-corrected chi connectivity index (χ0v) is 10.7. The Morgan fingerprint density at radius 2 is 1.71 bits per heavy atom. The zero-order valence-electron chi connectivity index (χ0n) is 10.7. The molecule has 0 saturated heterocycles. The van der Waals surface area contributed by atoms with Crippen LogP contribution in [0.25, 0.3) is 0 Å². The van der Waals surface area contributed by atoms with E-state index in [0.29, 0.717) is 18.4 Å².